The maximum Gasteiger partial charge on any atom is 0.0128 e. The molecule has 0 fully saturated rings. The van der Waals surface area contributed by atoms with Gasteiger partial charge in [-0.15, -0.1) is 0 Å². The summed E-state index contributed by atoms with van der Waals surface area (Å²) in [5.41, 5.74) is 21.2. The SMILES string of the molecule is C1=CC2C(C3=CC(c4cccc5c4CCC=C5)=CCC3)=CC=C(C3=c4ccccc4=C(C4=CC(C5=CCCC6=C5CCC=C6)=CCC4)CC3)C2C=C1. The van der Waals surface area contributed by atoms with Gasteiger partial charge < -0.3 is 0 Å². The van der Waals surface area contributed by atoms with Crippen molar-refractivity contribution in [2.45, 2.75) is 77.0 Å². The van der Waals surface area contributed by atoms with Gasteiger partial charge in [-0.3, -0.25) is 0 Å². The molecule has 52 heavy (non-hydrogen) atoms. The van der Waals surface area contributed by atoms with Gasteiger partial charge in [0.25, 0.3) is 0 Å². The largest absolute Gasteiger partial charge is 0.0839 e. The van der Waals surface area contributed by atoms with Gasteiger partial charge in [-0.2, -0.15) is 0 Å². The summed E-state index contributed by atoms with van der Waals surface area (Å²) in [5.74, 6) is 0.743. The molecule has 0 aliphatic heterocycles. The predicted octanol–water partition coefficient (Wildman–Crippen LogP) is 11.8. The molecule has 2 atom stereocenters. The standard InChI is InChI=1S/C52H48/c1-3-21-41-35(13-1)15-11-27-43(41)37-17-9-19-39(33-37)45-29-31-51(49-25-7-5-23-47(45)49)52-32-30-46(48-24-6-8-26-50(48)52)40-20-10-18-38(34-40)44-28-12-16-36-14-2-4-22-42(36)44/h1-2,5-8,11,13-15,17-18,23-29,31,33-34,47,49H,3-4,9-10,12,16,19-22,30,32H2. The molecule has 2 unspecified atom stereocenters. The molecule has 0 saturated carbocycles. The summed E-state index contributed by atoms with van der Waals surface area (Å²) in [7, 11) is 0. The summed E-state index contributed by atoms with van der Waals surface area (Å²) in [5, 5.41) is 2.91. The molecule has 0 nitrogen and oxygen atoms in total. The minimum atomic E-state index is 0.369. The Hall–Kier alpha value is -4.94. The van der Waals surface area contributed by atoms with Crippen LogP contribution in [0.15, 0.2) is 172 Å². The van der Waals surface area contributed by atoms with Crippen LogP contribution in [0.3, 0.4) is 0 Å². The number of benzene rings is 2. The summed E-state index contributed by atoms with van der Waals surface area (Å²) >= 11 is 0. The van der Waals surface area contributed by atoms with E-state index in [4.69, 9.17) is 0 Å². The van der Waals surface area contributed by atoms with Gasteiger partial charge in [0, 0.05) is 11.8 Å². The van der Waals surface area contributed by atoms with E-state index >= 15 is 0 Å². The first kappa shape index (κ1) is 31.8. The Kier molecular flexibility index (Phi) is 8.28. The van der Waals surface area contributed by atoms with Crippen molar-refractivity contribution in [3.63, 3.8) is 0 Å². The molecule has 0 heterocycles. The van der Waals surface area contributed by atoms with Crippen LogP contribution in [0.25, 0.3) is 22.8 Å². The van der Waals surface area contributed by atoms with Crippen molar-refractivity contribution in [3.05, 3.63) is 199 Å². The highest BCUT2D eigenvalue weighted by molar-refractivity contribution is 5.82. The zero-order chi connectivity index (χ0) is 34.4. The molecule has 8 aliphatic rings. The molecule has 0 saturated heterocycles. The lowest BCUT2D eigenvalue weighted by Gasteiger charge is -2.35. The molecule has 0 amide bonds. The summed E-state index contributed by atoms with van der Waals surface area (Å²) in [6.07, 6.45) is 50.3. The van der Waals surface area contributed by atoms with Crippen molar-refractivity contribution < 1.29 is 0 Å². The molecule has 0 bridgehead atoms. The average molecular weight is 673 g/mol. The van der Waals surface area contributed by atoms with Gasteiger partial charge >= 0.3 is 0 Å². The lowest BCUT2D eigenvalue weighted by molar-refractivity contribution is 0.601. The van der Waals surface area contributed by atoms with Gasteiger partial charge in [-0.05, 0) is 165 Å². The van der Waals surface area contributed by atoms with E-state index in [9.17, 15) is 0 Å². The molecular weight excluding hydrogens is 625 g/mol. The molecule has 0 heteroatoms. The van der Waals surface area contributed by atoms with Crippen LogP contribution in [0.2, 0.25) is 0 Å². The molecule has 2 aromatic carbocycles. The lowest BCUT2D eigenvalue weighted by atomic mass is 9.68. The Morgan fingerprint density at radius 2 is 1.21 bits per heavy atom. The van der Waals surface area contributed by atoms with Crippen molar-refractivity contribution in [2.75, 3.05) is 0 Å². The van der Waals surface area contributed by atoms with Crippen molar-refractivity contribution in [2.24, 2.45) is 11.8 Å². The Morgan fingerprint density at radius 1 is 0.500 bits per heavy atom. The number of allylic oxidation sites excluding steroid dienone is 23. The van der Waals surface area contributed by atoms with Gasteiger partial charge in [-0.1, -0.05) is 134 Å². The molecule has 0 N–H and O–H groups in total. The Balaban J connectivity index is 1.03. The zero-order valence-electron chi connectivity index (χ0n) is 30.3. The molecule has 0 aromatic heterocycles. The van der Waals surface area contributed by atoms with E-state index in [1.54, 1.807) is 27.9 Å². The number of fused-ring (bicyclic) bond motifs is 3. The van der Waals surface area contributed by atoms with E-state index in [1.807, 2.05) is 0 Å². The topological polar surface area (TPSA) is 0 Å². The summed E-state index contributed by atoms with van der Waals surface area (Å²) < 4.78 is 0. The second kappa shape index (κ2) is 13.6. The van der Waals surface area contributed by atoms with Crippen LogP contribution in [0.5, 0.6) is 0 Å². The van der Waals surface area contributed by atoms with Crippen LogP contribution in [0.4, 0.5) is 0 Å². The van der Waals surface area contributed by atoms with Crippen LogP contribution in [-0.2, 0) is 6.42 Å². The first-order valence-corrected chi connectivity index (χ1v) is 20.1. The van der Waals surface area contributed by atoms with Crippen LogP contribution >= 0.6 is 0 Å². The highest BCUT2D eigenvalue weighted by Crippen LogP contribution is 2.46. The van der Waals surface area contributed by atoms with Crippen molar-refractivity contribution in [1.82, 2.24) is 0 Å². The van der Waals surface area contributed by atoms with Crippen molar-refractivity contribution >= 4 is 22.8 Å². The van der Waals surface area contributed by atoms with E-state index in [2.05, 4.69) is 134 Å². The van der Waals surface area contributed by atoms with Gasteiger partial charge in [0.05, 0.1) is 0 Å². The second-order valence-corrected chi connectivity index (χ2v) is 15.7. The van der Waals surface area contributed by atoms with E-state index in [1.165, 1.54) is 79.8 Å². The number of hydrogen-bond acceptors (Lipinski definition) is 0. The molecule has 2 aromatic rings. The first-order valence-electron chi connectivity index (χ1n) is 20.1. The summed E-state index contributed by atoms with van der Waals surface area (Å²) in [6.45, 7) is 0. The van der Waals surface area contributed by atoms with Gasteiger partial charge in [0.15, 0.2) is 0 Å². The minimum absolute atomic E-state index is 0.369. The Bertz CT molecular complexity index is 2390. The molecule has 0 radical (unpaired) electrons. The minimum Gasteiger partial charge on any atom is -0.0839 e. The maximum absolute atomic E-state index is 2.57. The highest BCUT2D eigenvalue weighted by atomic mass is 14.4. The first-order chi connectivity index (χ1) is 25.8. The van der Waals surface area contributed by atoms with E-state index in [0.29, 0.717) is 11.8 Å². The van der Waals surface area contributed by atoms with E-state index in [-0.39, 0.29) is 0 Å². The third kappa shape index (κ3) is 5.59. The normalized spacial score (nSPS) is 24.7. The predicted molar refractivity (Wildman–Crippen MR) is 220 cm³/mol. The fraction of sp³-hybridized carbons (Fsp3) is 0.269. The van der Waals surface area contributed by atoms with Gasteiger partial charge in [0.2, 0.25) is 0 Å². The summed E-state index contributed by atoms with van der Waals surface area (Å²) in [4.78, 5) is 0. The molecule has 10 rings (SSSR count). The van der Waals surface area contributed by atoms with Crippen LogP contribution < -0.4 is 10.4 Å². The molecule has 0 spiro atoms. The van der Waals surface area contributed by atoms with E-state index in [0.717, 1.165) is 57.8 Å². The molecular formula is C52H48. The average Bonchev–Trinajstić information content (AvgIpc) is 3.22. The highest BCUT2D eigenvalue weighted by Gasteiger charge is 2.33. The lowest BCUT2D eigenvalue weighted by Crippen LogP contribution is -2.35. The van der Waals surface area contributed by atoms with E-state index < -0.39 is 0 Å². The third-order valence-corrected chi connectivity index (χ3v) is 12.9. The van der Waals surface area contributed by atoms with Crippen molar-refractivity contribution in [1.29, 1.82) is 0 Å². The van der Waals surface area contributed by atoms with Gasteiger partial charge in [-0.25, -0.2) is 0 Å². The quantitative estimate of drug-likeness (QED) is 0.297. The van der Waals surface area contributed by atoms with Crippen LogP contribution in [0.1, 0.15) is 87.3 Å². The molecule has 256 valence electrons. The Morgan fingerprint density at radius 3 is 2.12 bits per heavy atom. The second-order valence-electron chi connectivity index (χ2n) is 15.7. The Labute approximate surface area is 309 Å². The van der Waals surface area contributed by atoms with Crippen LogP contribution in [-0.4, -0.2) is 0 Å². The third-order valence-electron chi connectivity index (χ3n) is 12.9. The monoisotopic (exact) mass is 672 g/mol. The fourth-order valence-corrected chi connectivity index (χ4v) is 10.4. The summed E-state index contributed by atoms with van der Waals surface area (Å²) in [6, 6.07) is 16.2. The number of hydrogen-bond donors (Lipinski definition) is 0. The van der Waals surface area contributed by atoms with Crippen LogP contribution in [0, 0.1) is 11.8 Å². The zero-order valence-corrected chi connectivity index (χ0v) is 30.3. The maximum atomic E-state index is 2.57. The van der Waals surface area contributed by atoms with Gasteiger partial charge in [0.1, 0.15) is 0 Å². The smallest absolute Gasteiger partial charge is 0.0128 e. The van der Waals surface area contributed by atoms with Crippen molar-refractivity contribution in [3.8, 4) is 0 Å². The number of rotatable bonds is 5. The molecule has 8 aliphatic carbocycles. The fourth-order valence-electron chi connectivity index (χ4n) is 10.4.